The van der Waals surface area contributed by atoms with Crippen molar-refractivity contribution < 1.29 is 28.6 Å². The van der Waals surface area contributed by atoms with Crippen LogP contribution in [0.4, 0.5) is 0 Å². The van der Waals surface area contributed by atoms with Crippen molar-refractivity contribution in [1.29, 1.82) is 0 Å². The van der Waals surface area contributed by atoms with Gasteiger partial charge in [0.2, 0.25) is 0 Å². The Hall–Kier alpha value is -4.19. The monoisotopic (exact) mass is 969 g/mol. The van der Waals surface area contributed by atoms with Gasteiger partial charge in [0, 0.05) is 19.3 Å². The predicted octanol–water partition coefficient (Wildman–Crippen LogP) is 19.3. The lowest BCUT2D eigenvalue weighted by Gasteiger charge is -2.18. The molecule has 0 fully saturated rings. The normalized spacial score (nSPS) is 13.0. The van der Waals surface area contributed by atoms with Crippen molar-refractivity contribution in [1.82, 2.24) is 0 Å². The molecule has 0 heterocycles. The average molecular weight is 970 g/mol. The van der Waals surface area contributed by atoms with Crippen LogP contribution in [0.25, 0.3) is 0 Å². The van der Waals surface area contributed by atoms with Crippen LogP contribution in [-0.2, 0) is 28.6 Å². The van der Waals surface area contributed by atoms with Crippen molar-refractivity contribution in [3.05, 3.63) is 122 Å². The zero-order chi connectivity index (χ0) is 50.7. The fourth-order valence-electron chi connectivity index (χ4n) is 7.51. The van der Waals surface area contributed by atoms with Crippen molar-refractivity contribution in [3.8, 4) is 0 Å². The fraction of sp³-hybridized carbons (Fsp3) is 0.641. The molecule has 0 saturated carbocycles. The largest absolute Gasteiger partial charge is 0.462 e. The summed E-state index contributed by atoms with van der Waals surface area (Å²) >= 11 is 0. The third-order valence-corrected chi connectivity index (χ3v) is 11.9. The lowest BCUT2D eigenvalue weighted by Crippen LogP contribution is -2.30. The first-order valence-electron chi connectivity index (χ1n) is 28.7. The molecule has 0 radical (unpaired) electrons. The number of esters is 3. The van der Waals surface area contributed by atoms with Gasteiger partial charge >= 0.3 is 17.9 Å². The molecule has 0 aromatic carbocycles. The van der Waals surface area contributed by atoms with Crippen molar-refractivity contribution >= 4 is 17.9 Å². The molecule has 70 heavy (non-hydrogen) atoms. The maximum atomic E-state index is 12.9. The first-order chi connectivity index (χ1) is 34.5. The van der Waals surface area contributed by atoms with Gasteiger partial charge in [0.15, 0.2) is 6.10 Å². The average Bonchev–Trinajstić information content (AvgIpc) is 3.36. The Morgan fingerprint density at radius 2 is 0.514 bits per heavy atom. The third kappa shape index (κ3) is 54.7. The van der Waals surface area contributed by atoms with Crippen LogP contribution in [0.2, 0.25) is 0 Å². The van der Waals surface area contributed by atoms with Gasteiger partial charge in [0.25, 0.3) is 0 Å². The fourth-order valence-corrected chi connectivity index (χ4v) is 7.51. The number of allylic oxidation sites excluding steroid dienone is 20. The van der Waals surface area contributed by atoms with Crippen LogP contribution < -0.4 is 0 Å². The lowest BCUT2D eigenvalue weighted by molar-refractivity contribution is -0.167. The van der Waals surface area contributed by atoms with Crippen LogP contribution in [0.15, 0.2) is 122 Å². The predicted molar refractivity (Wildman–Crippen MR) is 302 cm³/mol. The SMILES string of the molecule is CCCCC\C=C/C=C\C=C/C=C\CCCCCCCC(=O)OCC(COC(=O)CCCCC/C=C\C=C/CCCCCCCCC)OC(=O)CCCCCCC\C=C/C=C\C=C/C=C\CCCCC. The quantitative estimate of drug-likeness (QED) is 0.0262. The van der Waals surface area contributed by atoms with E-state index in [1.54, 1.807) is 0 Å². The zero-order valence-corrected chi connectivity index (χ0v) is 45.2. The second kappa shape index (κ2) is 57.4. The molecule has 0 bridgehead atoms. The van der Waals surface area contributed by atoms with Crippen LogP contribution in [0.5, 0.6) is 0 Å². The highest BCUT2D eigenvalue weighted by Gasteiger charge is 2.19. The molecule has 0 aliphatic carbocycles. The van der Waals surface area contributed by atoms with E-state index in [2.05, 4.69) is 142 Å². The number of rotatable bonds is 50. The topological polar surface area (TPSA) is 78.9 Å². The molecule has 0 N–H and O–H groups in total. The minimum Gasteiger partial charge on any atom is -0.462 e. The van der Waals surface area contributed by atoms with E-state index in [1.165, 1.54) is 83.5 Å². The summed E-state index contributed by atoms with van der Waals surface area (Å²) in [6, 6.07) is 0. The summed E-state index contributed by atoms with van der Waals surface area (Å²) in [5, 5.41) is 0. The molecule has 1 unspecified atom stereocenters. The van der Waals surface area contributed by atoms with E-state index in [0.29, 0.717) is 12.8 Å². The van der Waals surface area contributed by atoms with Crippen molar-refractivity contribution in [2.75, 3.05) is 13.2 Å². The third-order valence-electron chi connectivity index (χ3n) is 11.9. The zero-order valence-electron chi connectivity index (χ0n) is 45.2. The second-order valence-corrected chi connectivity index (χ2v) is 18.7. The smallest absolute Gasteiger partial charge is 0.306 e. The van der Waals surface area contributed by atoms with E-state index < -0.39 is 6.10 Å². The number of unbranched alkanes of at least 4 members (excludes halogenated alkanes) is 26. The van der Waals surface area contributed by atoms with Gasteiger partial charge < -0.3 is 14.2 Å². The summed E-state index contributed by atoms with van der Waals surface area (Å²) < 4.78 is 16.8. The van der Waals surface area contributed by atoms with E-state index >= 15 is 0 Å². The Labute approximate surface area is 431 Å². The van der Waals surface area contributed by atoms with E-state index in [-0.39, 0.29) is 37.5 Å². The molecule has 0 aliphatic rings. The molecule has 6 nitrogen and oxygen atoms in total. The minimum absolute atomic E-state index is 0.112. The van der Waals surface area contributed by atoms with Crippen LogP contribution >= 0.6 is 0 Å². The highest BCUT2D eigenvalue weighted by molar-refractivity contribution is 5.71. The highest BCUT2D eigenvalue weighted by atomic mass is 16.6. The summed E-state index contributed by atoms with van der Waals surface area (Å²) in [7, 11) is 0. The van der Waals surface area contributed by atoms with E-state index in [4.69, 9.17) is 14.2 Å². The Balaban J connectivity index is 4.56. The van der Waals surface area contributed by atoms with Crippen LogP contribution in [-0.4, -0.2) is 37.2 Å². The first-order valence-corrected chi connectivity index (χ1v) is 28.7. The number of hydrogen-bond donors (Lipinski definition) is 0. The van der Waals surface area contributed by atoms with Gasteiger partial charge in [0.05, 0.1) is 0 Å². The van der Waals surface area contributed by atoms with Gasteiger partial charge in [-0.05, 0) is 96.3 Å². The summed E-state index contributed by atoms with van der Waals surface area (Å²) in [5.74, 6) is -0.984. The van der Waals surface area contributed by atoms with Crippen molar-refractivity contribution in [3.63, 3.8) is 0 Å². The first kappa shape index (κ1) is 65.8. The number of hydrogen-bond acceptors (Lipinski definition) is 6. The summed E-state index contributed by atoms with van der Waals surface area (Å²) in [6.07, 6.45) is 78.9. The molecule has 0 spiro atoms. The van der Waals surface area contributed by atoms with E-state index in [0.717, 1.165) is 122 Å². The molecule has 0 saturated heterocycles. The molecule has 6 heteroatoms. The Kier molecular flexibility index (Phi) is 54.0. The summed E-state index contributed by atoms with van der Waals surface area (Å²) in [5.41, 5.74) is 0. The van der Waals surface area contributed by atoms with Gasteiger partial charge in [0.1, 0.15) is 13.2 Å². The molecule has 0 amide bonds. The lowest BCUT2D eigenvalue weighted by atomic mass is 10.1. The molecular formula is C64H104O6. The summed E-state index contributed by atoms with van der Waals surface area (Å²) in [6.45, 7) is 6.49. The highest BCUT2D eigenvalue weighted by Crippen LogP contribution is 2.13. The standard InChI is InChI=1S/C64H104O6/c1-4-7-10-13-16-19-22-25-28-31-33-36-39-42-45-48-51-54-57-63(66)69-60-61(59-68-62(65)56-53-50-47-44-41-38-35-30-27-24-21-18-15-12-9-6-3)70-64(67)58-55-52-49-46-43-40-37-34-32-29-26-23-20-17-14-11-8-5-2/h16-17,19-20,22-23,25-26,28-38,41,61H,4-15,18,21,24,27,39-40,42-60H2,1-3H3/b19-16-,20-17-,25-22-,26-23-,31-28-,32-29-,35-30-,36-33-,37-34-,41-38-. The van der Waals surface area contributed by atoms with Gasteiger partial charge in [-0.15, -0.1) is 0 Å². The molecule has 0 aromatic heterocycles. The van der Waals surface area contributed by atoms with Crippen LogP contribution in [0, 0.1) is 0 Å². The molecule has 0 aromatic rings. The van der Waals surface area contributed by atoms with Crippen molar-refractivity contribution in [2.45, 2.75) is 252 Å². The number of carbonyl (C=O) groups excluding carboxylic acids is 3. The van der Waals surface area contributed by atoms with Crippen molar-refractivity contribution in [2.24, 2.45) is 0 Å². The van der Waals surface area contributed by atoms with Crippen LogP contribution in [0.1, 0.15) is 245 Å². The van der Waals surface area contributed by atoms with Gasteiger partial charge in [-0.25, -0.2) is 0 Å². The molecule has 1 atom stereocenters. The Bertz CT molecular complexity index is 1490. The molecule has 0 rings (SSSR count). The molecule has 396 valence electrons. The van der Waals surface area contributed by atoms with E-state index in [9.17, 15) is 14.4 Å². The maximum absolute atomic E-state index is 12.9. The number of ether oxygens (including phenoxy) is 3. The second-order valence-electron chi connectivity index (χ2n) is 18.7. The number of carbonyl (C=O) groups is 3. The Morgan fingerprint density at radius 3 is 0.857 bits per heavy atom. The van der Waals surface area contributed by atoms with Gasteiger partial charge in [-0.1, -0.05) is 251 Å². The van der Waals surface area contributed by atoms with Gasteiger partial charge in [-0.3, -0.25) is 14.4 Å². The van der Waals surface area contributed by atoms with Gasteiger partial charge in [-0.2, -0.15) is 0 Å². The summed E-state index contributed by atoms with van der Waals surface area (Å²) in [4.78, 5) is 38.2. The van der Waals surface area contributed by atoms with Crippen LogP contribution in [0.3, 0.4) is 0 Å². The minimum atomic E-state index is -0.816. The molecule has 0 aliphatic heterocycles. The Morgan fingerprint density at radius 1 is 0.286 bits per heavy atom. The molecular weight excluding hydrogens is 865 g/mol. The van der Waals surface area contributed by atoms with E-state index in [1.807, 2.05) is 0 Å². The maximum Gasteiger partial charge on any atom is 0.306 e.